The van der Waals surface area contributed by atoms with E-state index in [2.05, 4.69) is 0 Å². The molecule has 0 N–H and O–H groups in total. The van der Waals surface area contributed by atoms with Crippen LogP contribution in [-0.2, 0) is 11.1 Å². The summed E-state index contributed by atoms with van der Waals surface area (Å²) in [5.74, 6) is 0.808. The highest BCUT2D eigenvalue weighted by Gasteiger charge is 1.97. The van der Waals surface area contributed by atoms with E-state index in [0.29, 0.717) is 6.32 Å². The zero-order chi connectivity index (χ0) is 9.68. The Labute approximate surface area is 80.3 Å². The summed E-state index contributed by atoms with van der Waals surface area (Å²) in [5, 5.41) is 0. The second-order valence-corrected chi connectivity index (χ2v) is 2.91. The SMILES string of the molecule is [B]Cc1cc(C)cc(OCOC)c1. The minimum atomic E-state index is 0.271. The first-order chi connectivity index (χ1) is 6.26. The van der Waals surface area contributed by atoms with Gasteiger partial charge in [0.25, 0.3) is 0 Å². The van der Waals surface area contributed by atoms with Gasteiger partial charge >= 0.3 is 0 Å². The molecule has 0 saturated carbocycles. The third-order valence-corrected chi connectivity index (χ3v) is 1.69. The van der Waals surface area contributed by atoms with Crippen molar-refractivity contribution in [2.75, 3.05) is 13.9 Å². The summed E-state index contributed by atoms with van der Waals surface area (Å²) < 4.78 is 10.1. The van der Waals surface area contributed by atoms with Crippen molar-refractivity contribution >= 4 is 7.85 Å². The molecule has 0 bridgehead atoms. The van der Waals surface area contributed by atoms with Crippen molar-refractivity contribution in [1.82, 2.24) is 0 Å². The lowest BCUT2D eigenvalue weighted by molar-refractivity contribution is 0.0510. The fraction of sp³-hybridized carbons (Fsp3) is 0.400. The summed E-state index contributed by atoms with van der Waals surface area (Å²) in [5.41, 5.74) is 2.22. The van der Waals surface area contributed by atoms with Crippen LogP contribution >= 0.6 is 0 Å². The van der Waals surface area contributed by atoms with Crippen LogP contribution in [0.2, 0.25) is 0 Å². The molecule has 0 aliphatic heterocycles. The monoisotopic (exact) mass is 176 g/mol. The number of ether oxygens (including phenoxy) is 2. The Morgan fingerprint density at radius 3 is 2.69 bits per heavy atom. The molecular formula is C10H13BO2. The van der Waals surface area contributed by atoms with E-state index in [4.69, 9.17) is 17.3 Å². The molecule has 13 heavy (non-hydrogen) atoms. The molecule has 0 aliphatic rings. The molecule has 2 nitrogen and oxygen atoms in total. The average Bonchev–Trinajstić information content (AvgIpc) is 2.14. The lowest BCUT2D eigenvalue weighted by Crippen LogP contribution is -1.99. The standard InChI is InChI=1S/C10H13BO2/c1-8-3-9(6-11)5-10(4-8)13-7-12-2/h3-5H,6-7H2,1-2H3. The van der Waals surface area contributed by atoms with Gasteiger partial charge in [-0.05, 0) is 24.6 Å². The predicted molar refractivity (Wildman–Crippen MR) is 53.1 cm³/mol. The summed E-state index contributed by atoms with van der Waals surface area (Å²) in [6, 6.07) is 5.92. The molecule has 1 aromatic rings. The summed E-state index contributed by atoms with van der Waals surface area (Å²) >= 11 is 0. The van der Waals surface area contributed by atoms with Crippen LogP contribution in [0.1, 0.15) is 11.1 Å². The van der Waals surface area contributed by atoms with E-state index in [1.54, 1.807) is 7.11 Å². The van der Waals surface area contributed by atoms with Gasteiger partial charge in [0.05, 0.1) is 7.85 Å². The van der Waals surface area contributed by atoms with Gasteiger partial charge in [0.1, 0.15) is 5.75 Å². The summed E-state index contributed by atoms with van der Waals surface area (Å²) in [6.07, 6.45) is 0.533. The molecule has 0 spiro atoms. The van der Waals surface area contributed by atoms with Gasteiger partial charge in [0.2, 0.25) is 0 Å². The smallest absolute Gasteiger partial charge is 0.188 e. The minimum Gasteiger partial charge on any atom is -0.468 e. The number of hydrogen-bond donors (Lipinski definition) is 0. The normalized spacial score (nSPS) is 10.0. The molecule has 0 amide bonds. The Morgan fingerprint density at radius 2 is 2.08 bits per heavy atom. The van der Waals surface area contributed by atoms with E-state index in [9.17, 15) is 0 Å². The third-order valence-electron chi connectivity index (χ3n) is 1.69. The van der Waals surface area contributed by atoms with Crippen LogP contribution in [0, 0.1) is 6.92 Å². The van der Waals surface area contributed by atoms with E-state index >= 15 is 0 Å². The van der Waals surface area contributed by atoms with Gasteiger partial charge in [-0.1, -0.05) is 17.9 Å². The highest BCUT2D eigenvalue weighted by atomic mass is 16.7. The molecule has 68 valence electrons. The fourth-order valence-corrected chi connectivity index (χ4v) is 1.15. The Bertz CT molecular complexity index is 274. The molecular weight excluding hydrogens is 163 g/mol. The third kappa shape index (κ3) is 3.11. The van der Waals surface area contributed by atoms with Crippen molar-refractivity contribution in [1.29, 1.82) is 0 Å². The fourth-order valence-electron chi connectivity index (χ4n) is 1.15. The van der Waals surface area contributed by atoms with Crippen LogP contribution in [0.15, 0.2) is 18.2 Å². The first-order valence-electron chi connectivity index (χ1n) is 4.18. The van der Waals surface area contributed by atoms with Crippen LogP contribution < -0.4 is 4.74 Å². The number of benzene rings is 1. The average molecular weight is 176 g/mol. The molecule has 1 rings (SSSR count). The van der Waals surface area contributed by atoms with Crippen LogP contribution in [0.25, 0.3) is 0 Å². The lowest BCUT2D eigenvalue weighted by Gasteiger charge is -2.07. The first-order valence-corrected chi connectivity index (χ1v) is 4.18. The van der Waals surface area contributed by atoms with E-state index < -0.39 is 0 Å². The van der Waals surface area contributed by atoms with Gasteiger partial charge < -0.3 is 9.47 Å². The topological polar surface area (TPSA) is 18.5 Å². The maximum absolute atomic E-state index is 5.53. The zero-order valence-electron chi connectivity index (χ0n) is 8.04. The van der Waals surface area contributed by atoms with Gasteiger partial charge in [-0.25, -0.2) is 0 Å². The van der Waals surface area contributed by atoms with Gasteiger partial charge in [-0.15, -0.1) is 0 Å². The van der Waals surface area contributed by atoms with E-state index in [1.165, 1.54) is 0 Å². The van der Waals surface area contributed by atoms with Crippen LogP contribution in [-0.4, -0.2) is 21.7 Å². The minimum absolute atomic E-state index is 0.271. The van der Waals surface area contributed by atoms with Gasteiger partial charge in [0, 0.05) is 7.11 Å². The quantitative estimate of drug-likeness (QED) is 0.512. The summed E-state index contributed by atoms with van der Waals surface area (Å²) in [4.78, 5) is 0. The molecule has 0 aliphatic carbocycles. The van der Waals surface area contributed by atoms with E-state index in [0.717, 1.165) is 16.9 Å². The van der Waals surface area contributed by atoms with Crippen molar-refractivity contribution in [3.05, 3.63) is 29.3 Å². The maximum Gasteiger partial charge on any atom is 0.188 e. The predicted octanol–water partition coefficient (Wildman–Crippen LogP) is 1.65. The van der Waals surface area contributed by atoms with Crippen LogP contribution in [0.4, 0.5) is 0 Å². The molecule has 0 atom stereocenters. The molecule has 0 fully saturated rings. The van der Waals surface area contributed by atoms with Crippen molar-refractivity contribution in [2.45, 2.75) is 13.2 Å². The Kier molecular flexibility index (Phi) is 3.84. The molecule has 1 aromatic carbocycles. The molecule has 0 aromatic heterocycles. The molecule has 0 saturated heterocycles. The van der Waals surface area contributed by atoms with Gasteiger partial charge in [-0.2, -0.15) is 0 Å². The van der Waals surface area contributed by atoms with E-state index in [1.807, 2.05) is 25.1 Å². The van der Waals surface area contributed by atoms with Crippen molar-refractivity contribution < 1.29 is 9.47 Å². The molecule has 2 radical (unpaired) electrons. The Balaban J connectivity index is 2.76. The number of rotatable bonds is 4. The first kappa shape index (κ1) is 10.1. The molecule has 0 unspecified atom stereocenters. The highest BCUT2D eigenvalue weighted by molar-refractivity contribution is 6.08. The lowest BCUT2D eigenvalue weighted by atomic mass is 9.96. The largest absolute Gasteiger partial charge is 0.468 e. The second kappa shape index (κ2) is 4.92. The molecule has 0 heterocycles. The zero-order valence-corrected chi connectivity index (χ0v) is 8.04. The number of methoxy groups -OCH3 is 1. The van der Waals surface area contributed by atoms with Crippen molar-refractivity contribution in [3.8, 4) is 5.75 Å². The van der Waals surface area contributed by atoms with Crippen molar-refractivity contribution in [3.63, 3.8) is 0 Å². The Morgan fingerprint density at radius 1 is 1.31 bits per heavy atom. The van der Waals surface area contributed by atoms with Crippen LogP contribution in [0.3, 0.4) is 0 Å². The second-order valence-electron chi connectivity index (χ2n) is 2.91. The summed E-state index contributed by atoms with van der Waals surface area (Å²) in [7, 11) is 7.13. The number of hydrogen-bond acceptors (Lipinski definition) is 2. The van der Waals surface area contributed by atoms with Crippen molar-refractivity contribution in [2.24, 2.45) is 0 Å². The molecule has 3 heteroatoms. The Hall–Kier alpha value is -0.955. The van der Waals surface area contributed by atoms with Gasteiger partial charge in [-0.3, -0.25) is 0 Å². The number of aryl methyl sites for hydroxylation is 1. The van der Waals surface area contributed by atoms with Gasteiger partial charge in [0.15, 0.2) is 6.79 Å². The van der Waals surface area contributed by atoms with E-state index in [-0.39, 0.29) is 6.79 Å². The summed E-state index contributed by atoms with van der Waals surface area (Å²) in [6.45, 7) is 2.28. The maximum atomic E-state index is 5.53. The highest BCUT2D eigenvalue weighted by Crippen LogP contribution is 2.16. The van der Waals surface area contributed by atoms with Crippen LogP contribution in [0.5, 0.6) is 5.75 Å².